The number of rotatable bonds is 2. The van der Waals surface area contributed by atoms with Crippen LogP contribution in [0.1, 0.15) is 24.8 Å². The van der Waals surface area contributed by atoms with Crippen molar-refractivity contribution in [2.24, 2.45) is 0 Å². The number of fused-ring (bicyclic) bond motifs is 1. The number of aryl methyl sites for hydroxylation is 1. The molecule has 2 aromatic rings. The van der Waals surface area contributed by atoms with E-state index < -0.39 is 0 Å². The van der Waals surface area contributed by atoms with Crippen LogP contribution in [-0.2, 0) is 4.74 Å². The molecule has 2 heterocycles. The highest BCUT2D eigenvalue weighted by atomic mass is 16.7. The van der Waals surface area contributed by atoms with E-state index in [9.17, 15) is 4.79 Å². The summed E-state index contributed by atoms with van der Waals surface area (Å²) in [7, 11) is 0. The maximum atomic E-state index is 11.9. The molecule has 1 fully saturated rings. The summed E-state index contributed by atoms with van der Waals surface area (Å²) in [6.45, 7) is 2.48. The van der Waals surface area contributed by atoms with Gasteiger partial charge in [0.05, 0.1) is 18.3 Å². The molecule has 1 aromatic carbocycles. The molecule has 0 aliphatic carbocycles. The molecular weight excluding hydrogens is 244 g/mol. The first-order valence-corrected chi connectivity index (χ1v) is 6.54. The maximum Gasteiger partial charge on any atom is 0.199 e. The summed E-state index contributed by atoms with van der Waals surface area (Å²) in [5, 5.41) is 0.580. The summed E-state index contributed by atoms with van der Waals surface area (Å²) < 4.78 is 16.7. The van der Waals surface area contributed by atoms with Crippen molar-refractivity contribution in [3.63, 3.8) is 0 Å². The fourth-order valence-electron chi connectivity index (χ4n) is 2.23. The van der Waals surface area contributed by atoms with E-state index in [4.69, 9.17) is 13.9 Å². The van der Waals surface area contributed by atoms with Gasteiger partial charge in [-0.2, -0.15) is 0 Å². The van der Waals surface area contributed by atoms with Gasteiger partial charge in [-0.25, -0.2) is 0 Å². The van der Waals surface area contributed by atoms with Crippen LogP contribution in [0.3, 0.4) is 0 Å². The molecule has 19 heavy (non-hydrogen) atoms. The Bertz CT molecular complexity index is 638. The first-order chi connectivity index (χ1) is 9.24. The van der Waals surface area contributed by atoms with E-state index in [1.165, 1.54) is 6.26 Å². The molecule has 0 saturated carbocycles. The summed E-state index contributed by atoms with van der Waals surface area (Å²) in [6, 6.07) is 5.27. The average molecular weight is 260 g/mol. The van der Waals surface area contributed by atoms with Crippen LogP contribution in [0.15, 0.2) is 33.7 Å². The monoisotopic (exact) mass is 260 g/mol. The fourth-order valence-corrected chi connectivity index (χ4v) is 2.23. The molecule has 1 aromatic heterocycles. The second-order valence-electron chi connectivity index (χ2n) is 4.82. The number of hydrogen-bond acceptors (Lipinski definition) is 4. The van der Waals surface area contributed by atoms with Crippen LogP contribution in [0.2, 0.25) is 0 Å². The van der Waals surface area contributed by atoms with Crippen LogP contribution in [0.25, 0.3) is 11.0 Å². The Labute approximate surface area is 110 Å². The van der Waals surface area contributed by atoms with Gasteiger partial charge in [0, 0.05) is 18.1 Å². The summed E-state index contributed by atoms with van der Waals surface area (Å²) in [6.07, 6.45) is 4.39. The van der Waals surface area contributed by atoms with Crippen molar-refractivity contribution >= 4 is 11.0 Å². The molecule has 1 saturated heterocycles. The fraction of sp³-hybridized carbons (Fsp3) is 0.400. The molecule has 3 rings (SSSR count). The number of ether oxygens (including phenoxy) is 2. The second kappa shape index (κ2) is 5.05. The first kappa shape index (κ1) is 12.2. The van der Waals surface area contributed by atoms with E-state index in [0.717, 1.165) is 25.9 Å². The molecule has 1 unspecified atom stereocenters. The van der Waals surface area contributed by atoms with Crippen LogP contribution in [-0.4, -0.2) is 12.9 Å². The zero-order valence-electron chi connectivity index (χ0n) is 10.8. The summed E-state index contributed by atoms with van der Waals surface area (Å²) >= 11 is 0. The zero-order chi connectivity index (χ0) is 13.2. The Morgan fingerprint density at radius 2 is 2.21 bits per heavy atom. The quantitative estimate of drug-likeness (QED) is 0.832. The molecule has 0 bridgehead atoms. The third-order valence-corrected chi connectivity index (χ3v) is 3.32. The minimum absolute atomic E-state index is 0.00159. The van der Waals surface area contributed by atoms with E-state index in [0.29, 0.717) is 22.3 Å². The van der Waals surface area contributed by atoms with Gasteiger partial charge in [-0.05, 0) is 31.9 Å². The van der Waals surface area contributed by atoms with Gasteiger partial charge in [0.25, 0.3) is 0 Å². The Morgan fingerprint density at radius 1 is 1.32 bits per heavy atom. The third-order valence-electron chi connectivity index (χ3n) is 3.32. The van der Waals surface area contributed by atoms with Crippen molar-refractivity contribution in [3.05, 3.63) is 40.2 Å². The van der Waals surface area contributed by atoms with Gasteiger partial charge in [-0.3, -0.25) is 4.79 Å². The molecule has 0 radical (unpaired) electrons. The SMILES string of the molecule is Cc1coc2cc(OC3CCCCO3)ccc2c1=O. The Balaban J connectivity index is 1.89. The molecule has 100 valence electrons. The zero-order valence-corrected chi connectivity index (χ0v) is 10.8. The van der Waals surface area contributed by atoms with Crippen LogP contribution >= 0.6 is 0 Å². The lowest BCUT2D eigenvalue weighted by atomic mass is 10.2. The largest absolute Gasteiger partial charge is 0.465 e. The molecule has 4 heteroatoms. The van der Waals surface area contributed by atoms with E-state index in [1.807, 2.05) is 0 Å². The number of benzene rings is 1. The molecule has 1 atom stereocenters. The average Bonchev–Trinajstić information content (AvgIpc) is 2.44. The lowest BCUT2D eigenvalue weighted by Gasteiger charge is -2.23. The smallest absolute Gasteiger partial charge is 0.199 e. The van der Waals surface area contributed by atoms with Gasteiger partial charge in [0.2, 0.25) is 0 Å². The minimum atomic E-state index is -0.191. The van der Waals surface area contributed by atoms with Crippen molar-refractivity contribution in [1.29, 1.82) is 0 Å². The Morgan fingerprint density at radius 3 is 3.00 bits per heavy atom. The molecule has 0 spiro atoms. The van der Waals surface area contributed by atoms with Crippen LogP contribution in [0.5, 0.6) is 5.75 Å². The van der Waals surface area contributed by atoms with Gasteiger partial charge in [-0.15, -0.1) is 0 Å². The summed E-state index contributed by atoms with van der Waals surface area (Å²) in [5.74, 6) is 0.673. The molecule has 0 N–H and O–H groups in total. The number of hydrogen-bond donors (Lipinski definition) is 0. The van der Waals surface area contributed by atoms with E-state index >= 15 is 0 Å². The third kappa shape index (κ3) is 2.49. The highest BCUT2D eigenvalue weighted by molar-refractivity contribution is 5.78. The lowest BCUT2D eigenvalue weighted by Crippen LogP contribution is -2.24. The standard InChI is InChI=1S/C15H16O4/c1-10-9-18-13-8-11(5-6-12(13)15(10)16)19-14-4-2-3-7-17-14/h5-6,8-9,14H,2-4,7H2,1H3. The topological polar surface area (TPSA) is 48.7 Å². The van der Waals surface area contributed by atoms with Gasteiger partial charge in [0.1, 0.15) is 11.3 Å². The molecular formula is C15H16O4. The van der Waals surface area contributed by atoms with Crippen LogP contribution < -0.4 is 10.2 Å². The molecule has 0 amide bonds. The van der Waals surface area contributed by atoms with Crippen molar-refractivity contribution in [2.75, 3.05) is 6.61 Å². The molecule has 4 nitrogen and oxygen atoms in total. The van der Waals surface area contributed by atoms with Crippen molar-refractivity contribution in [2.45, 2.75) is 32.5 Å². The summed E-state index contributed by atoms with van der Waals surface area (Å²) in [4.78, 5) is 11.9. The van der Waals surface area contributed by atoms with Crippen LogP contribution in [0.4, 0.5) is 0 Å². The van der Waals surface area contributed by atoms with Gasteiger partial charge in [-0.1, -0.05) is 0 Å². The summed E-state index contributed by atoms with van der Waals surface area (Å²) in [5.41, 5.74) is 1.16. The minimum Gasteiger partial charge on any atom is -0.465 e. The van der Waals surface area contributed by atoms with E-state index in [2.05, 4.69) is 0 Å². The van der Waals surface area contributed by atoms with Crippen LogP contribution in [0, 0.1) is 6.92 Å². The molecule has 1 aliphatic heterocycles. The molecule has 1 aliphatic rings. The second-order valence-corrected chi connectivity index (χ2v) is 4.82. The van der Waals surface area contributed by atoms with E-state index in [1.54, 1.807) is 25.1 Å². The Kier molecular flexibility index (Phi) is 3.25. The van der Waals surface area contributed by atoms with E-state index in [-0.39, 0.29) is 11.7 Å². The van der Waals surface area contributed by atoms with Crippen molar-refractivity contribution < 1.29 is 13.9 Å². The van der Waals surface area contributed by atoms with Gasteiger partial charge >= 0.3 is 0 Å². The Hall–Kier alpha value is -1.81. The lowest BCUT2D eigenvalue weighted by molar-refractivity contribution is -0.105. The van der Waals surface area contributed by atoms with Gasteiger partial charge in [0.15, 0.2) is 11.7 Å². The predicted molar refractivity (Wildman–Crippen MR) is 71.4 cm³/mol. The maximum absolute atomic E-state index is 11.9. The normalized spacial score (nSPS) is 19.5. The first-order valence-electron chi connectivity index (χ1n) is 6.54. The van der Waals surface area contributed by atoms with Crippen molar-refractivity contribution in [1.82, 2.24) is 0 Å². The highest BCUT2D eigenvalue weighted by Gasteiger charge is 2.15. The van der Waals surface area contributed by atoms with Gasteiger partial charge < -0.3 is 13.9 Å². The highest BCUT2D eigenvalue weighted by Crippen LogP contribution is 2.23. The van der Waals surface area contributed by atoms with Crippen molar-refractivity contribution in [3.8, 4) is 5.75 Å². The predicted octanol–water partition coefficient (Wildman–Crippen LogP) is 3.01.